The molecule has 0 aliphatic rings. The molecule has 0 radical (unpaired) electrons. The van der Waals surface area contributed by atoms with Gasteiger partial charge in [0.05, 0.1) is 34.8 Å². The lowest BCUT2D eigenvalue weighted by molar-refractivity contribution is -0.105. The molecule has 5 rings (SSSR count). The SMILES string of the molecule is Cn1ccc(-c2c(F)c(Cl)c(-c3cn4cc(NC=O)nc4cn3)c3cn[nH]c23)c1. The largest absolute Gasteiger partial charge is 0.357 e. The van der Waals surface area contributed by atoms with Gasteiger partial charge in [-0.3, -0.25) is 14.9 Å². The molecule has 5 aromatic rings. The third-order valence-electron chi connectivity index (χ3n) is 4.72. The Hall–Kier alpha value is -3.72. The van der Waals surface area contributed by atoms with Crippen molar-refractivity contribution in [3.63, 3.8) is 0 Å². The number of halogens is 2. The lowest BCUT2D eigenvalue weighted by Crippen LogP contribution is -1.96. The number of benzene rings is 1. The Morgan fingerprint density at radius 1 is 1.24 bits per heavy atom. The van der Waals surface area contributed by atoms with Crippen molar-refractivity contribution in [2.24, 2.45) is 7.05 Å². The van der Waals surface area contributed by atoms with Gasteiger partial charge < -0.3 is 14.3 Å². The predicted molar refractivity (Wildman–Crippen MR) is 107 cm³/mol. The van der Waals surface area contributed by atoms with Crippen LogP contribution in [0.25, 0.3) is 38.9 Å². The molecule has 144 valence electrons. The number of imidazole rings is 1. The number of rotatable bonds is 4. The highest BCUT2D eigenvalue weighted by Gasteiger charge is 2.23. The second-order valence-electron chi connectivity index (χ2n) is 6.53. The summed E-state index contributed by atoms with van der Waals surface area (Å²) in [5, 5.41) is 10.1. The first-order valence-corrected chi connectivity index (χ1v) is 8.96. The monoisotopic (exact) mass is 409 g/mol. The summed E-state index contributed by atoms with van der Waals surface area (Å²) in [6, 6.07) is 1.81. The zero-order valence-electron chi connectivity index (χ0n) is 15.0. The summed E-state index contributed by atoms with van der Waals surface area (Å²) in [4.78, 5) is 19.3. The molecule has 0 saturated heterocycles. The van der Waals surface area contributed by atoms with E-state index in [2.05, 4.69) is 25.5 Å². The topological polar surface area (TPSA) is 92.9 Å². The van der Waals surface area contributed by atoms with Crippen LogP contribution in [0.5, 0.6) is 0 Å². The van der Waals surface area contributed by atoms with Crippen LogP contribution in [-0.4, -0.2) is 35.5 Å². The number of anilines is 1. The van der Waals surface area contributed by atoms with Crippen molar-refractivity contribution in [1.82, 2.24) is 29.1 Å². The average molecular weight is 410 g/mol. The van der Waals surface area contributed by atoms with E-state index in [0.29, 0.717) is 51.2 Å². The first-order chi connectivity index (χ1) is 14.1. The fourth-order valence-corrected chi connectivity index (χ4v) is 3.74. The number of carbonyl (C=O) groups excluding carboxylic acids is 1. The molecule has 0 atom stereocenters. The number of fused-ring (bicyclic) bond motifs is 2. The molecule has 4 aromatic heterocycles. The molecule has 0 bridgehead atoms. The quantitative estimate of drug-likeness (QED) is 0.443. The van der Waals surface area contributed by atoms with Gasteiger partial charge in [-0.25, -0.2) is 9.37 Å². The molecule has 10 heteroatoms. The molecule has 0 fully saturated rings. The molecule has 0 aliphatic heterocycles. The van der Waals surface area contributed by atoms with Gasteiger partial charge in [-0.1, -0.05) is 11.6 Å². The normalized spacial score (nSPS) is 11.4. The number of nitrogens with one attached hydrogen (secondary N) is 2. The summed E-state index contributed by atoms with van der Waals surface area (Å²) in [7, 11) is 1.86. The molecule has 0 unspecified atom stereocenters. The Morgan fingerprint density at radius 2 is 2.10 bits per heavy atom. The number of H-pyrrole nitrogens is 1. The summed E-state index contributed by atoms with van der Waals surface area (Å²) in [5.41, 5.74) is 2.97. The van der Waals surface area contributed by atoms with Gasteiger partial charge in [0, 0.05) is 47.7 Å². The van der Waals surface area contributed by atoms with Crippen LogP contribution in [0.4, 0.5) is 10.2 Å². The molecular weight excluding hydrogens is 397 g/mol. The van der Waals surface area contributed by atoms with E-state index in [4.69, 9.17) is 11.6 Å². The van der Waals surface area contributed by atoms with Crippen LogP contribution in [0.15, 0.2) is 43.2 Å². The van der Waals surface area contributed by atoms with Gasteiger partial charge in [0.25, 0.3) is 0 Å². The van der Waals surface area contributed by atoms with Gasteiger partial charge >= 0.3 is 0 Å². The molecule has 0 spiro atoms. The third kappa shape index (κ3) is 2.66. The Kier molecular flexibility index (Phi) is 3.85. The first kappa shape index (κ1) is 17.4. The first-order valence-electron chi connectivity index (χ1n) is 8.58. The van der Waals surface area contributed by atoms with Crippen molar-refractivity contribution in [2.45, 2.75) is 0 Å². The van der Waals surface area contributed by atoms with Crippen molar-refractivity contribution >= 4 is 40.4 Å². The molecule has 2 N–H and O–H groups in total. The highest BCUT2D eigenvalue weighted by atomic mass is 35.5. The lowest BCUT2D eigenvalue weighted by atomic mass is 9.99. The fraction of sp³-hybridized carbons (Fsp3) is 0.0526. The zero-order valence-corrected chi connectivity index (χ0v) is 15.8. The van der Waals surface area contributed by atoms with Crippen molar-refractivity contribution in [3.05, 3.63) is 54.1 Å². The van der Waals surface area contributed by atoms with E-state index in [0.717, 1.165) is 0 Å². The molecular formula is C19H13ClFN7O. The Morgan fingerprint density at radius 3 is 2.86 bits per heavy atom. The van der Waals surface area contributed by atoms with E-state index < -0.39 is 5.82 Å². The number of aromatic amines is 1. The number of aryl methyl sites for hydroxylation is 1. The predicted octanol–water partition coefficient (Wildman–Crippen LogP) is 3.64. The molecule has 4 heterocycles. The maximum atomic E-state index is 15.4. The van der Waals surface area contributed by atoms with Gasteiger partial charge in [0.15, 0.2) is 17.3 Å². The standard InChI is InChI=1S/C19H13ClFN7O/c1-27-3-2-10(6-27)15-18(21)17(20)16(11-4-24-26-19(11)15)12-7-28-8-13(23-9-29)25-14(28)5-22-12/h2-9H,1H3,(H,23,29)(H,24,26). The maximum absolute atomic E-state index is 15.4. The molecule has 1 aromatic carbocycles. The number of amides is 1. The van der Waals surface area contributed by atoms with Crippen LogP contribution < -0.4 is 5.32 Å². The number of hydrogen-bond donors (Lipinski definition) is 2. The smallest absolute Gasteiger partial charge is 0.212 e. The van der Waals surface area contributed by atoms with Crippen molar-refractivity contribution in [3.8, 4) is 22.4 Å². The van der Waals surface area contributed by atoms with Gasteiger partial charge in [-0.15, -0.1) is 0 Å². The molecule has 8 nitrogen and oxygen atoms in total. The van der Waals surface area contributed by atoms with Crippen LogP contribution >= 0.6 is 11.6 Å². The van der Waals surface area contributed by atoms with Crippen LogP contribution in [0, 0.1) is 5.82 Å². The van der Waals surface area contributed by atoms with Gasteiger partial charge in [-0.05, 0) is 6.07 Å². The second-order valence-corrected chi connectivity index (χ2v) is 6.91. The van der Waals surface area contributed by atoms with E-state index >= 15 is 4.39 Å². The number of hydrogen-bond acceptors (Lipinski definition) is 4. The van der Waals surface area contributed by atoms with Crippen molar-refractivity contribution < 1.29 is 9.18 Å². The lowest BCUT2D eigenvalue weighted by Gasteiger charge is -2.11. The van der Waals surface area contributed by atoms with Crippen LogP contribution in [0.2, 0.25) is 5.02 Å². The number of carbonyl (C=O) groups is 1. The Balaban J connectivity index is 1.76. The van der Waals surface area contributed by atoms with E-state index in [9.17, 15) is 4.79 Å². The highest BCUT2D eigenvalue weighted by Crippen LogP contribution is 2.42. The minimum atomic E-state index is -0.555. The van der Waals surface area contributed by atoms with Crippen molar-refractivity contribution in [2.75, 3.05) is 5.32 Å². The maximum Gasteiger partial charge on any atom is 0.212 e. The minimum absolute atomic E-state index is 0.0454. The molecule has 0 saturated carbocycles. The second kappa shape index (κ2) is 6.42. The van der Waals surface area contributed by atoms with Crippen LogP contribution in [0.3, 0.4) is 0 Å². The summed E-state index contributed by atoms with van der Waals surface area (Å²) in [6.07, 6.45) is 10.6. The van der Waals surface area contributed by atoms with E-state index in [1.54, 1.807) is 23.0 Å². The summed E-state index contributed by atoms with van der Waals surface area (Å²) in [6.45, 7) is 0. The fourth-order valence-electron chi connectivity index (χ4n) is 3.44. The van der Waals surface area contributed by atoms with Crippen LogP contribution in [-0.2, 0) is 11.8 Å². The number of nitrogens with zero attached hydrogens (tertiary/aromatic N) is 5. The highest BCUT2D eigenvalue weighted by molar-refractivity contribution is 6.36. The van der Waals surface area contributed by atoms with Crippen molar-refractivity contribution in [1.29, 1.82) is 0 Å². The van der Waals surface area contributed by atoms with Crippen LogP contribution in [0.1, 0.15) is 0 Å². The van der Waals surface area contributed by atoms with E-state index in [-0.39, 0.29) is 5.02 Å². The average Bonchev–Trinajstić information content (AvgIpc) is 3.42. The van der Waals surface area contributed by atoms with E-state index in [1.165, 1.54) is 6.20 Å². The van der Waals surface area contributed by atoms with Gasteiger partial charge in [-0.2, -0.15) is 5.10 Å². The number of aromatic nitrogens is 6. The summed E-state index contributed by atoms with van der Waals surface area (Å²) in [5.74, 6) is -0.176. The van der Waals surface area contributed by atoms with Gasteiger partial charge in [0.1, 0.15) is 0 Å². The minimum Gasteiger partial charge on any atom is -0.357 e. The molecule has 1 amide bonds. The van der Waals surface area contributed by atoms with Gasteiger partial charge in [0.2, 0.25) is 6.41 Å². The Labute approximate surface area is 168 Å². The third-order valence-corrected chi connectivity index (χ3v) is 5.07. The summed E-state index contributed by atoms with van der Waals surface area (Å²) < 4.78 is 18.9. The molecule has 0 aliphatic carbocycles. The summed E-state index contributed by atoms with van der Waals surface area (Å²) >= 11 is 6.48. The van der Waals surface area contributed by atoms with E-state index in [1.807, 2.05) is 30.1 Å². The molecule has 29 heavy (non-hydrogen) atoms. The zero-order chi connectivity index (χ0) is 20.1. The Bertz CT molecular complexity index is 1400.